The van der Waals surface area contributed by atoms with E-state index >= 15 is 0 Å². The third kappa shape index (κ3) is 2.88. The lowest BCUT2D eigenvalue weighted by molar-refractivity contribution is 0.438. The van der Waals surface area contributed by atoms with Crippen LogP contribution in [-0.2, 0) is 10.0 Å². The minimum atomic E-state index is -4.32. The summed E-state index contributed by atoms with van der Waals surface area (Å²) < 4.78 is 58.6. The van der Waals surface area contributed by atoms with E-state index in [0.29, 0.717) is 11.5 Å². The van der Waals surface area contributed by atoms with Crippen LogP contribution in [0.15, 0.2) is 39.6 Å². The molecule has 0 amide bonds. The Balaban J connectivity index is 2.32. The molecule has 1 N–H and O–H groups in total. The van der Waals surface area contributed by atoms with Crippen LogP contribution in [0.3, 0.4) is 0 Å². The highest BCUT2D eigenvalue weighted by Gasteiger charge is 2.26. The van der Waals surface area contributed by atoms with E-state index in [9.17, 15) is 17.2 Å². The number of rotatable bonds is 4. The molecule has 0 radical (unpaired) electrons. The molecule has 1 aromatic carbocycles. The molecular weight excluding hydrogens is 288 g/mol. The molecule has 1 heterocycles. The molecule has 20 heavy (non-hydrogen) atoms. The van der Waals surface area contributed by atoms with E-state index in [4.69, 9.17) is 4.42 Å². The van der Waals surface area contributed by atoms with Crippen molar-refractivity contribution >= 4 is 10.0 Å². The second-order valence-electron chi connectivity index (χ2n) is 4.34. The van der Waals surface area contributed by atoms with Gasteiger partial charge in [0.05, 0.1) is 6.04 Å². The molecule has 0 aliphatic heterocycles. The van der Waals surface area contributed by atoms with Crippen molar-refractivity contribution in [2.45, 2.75) is 24.8 Å². The minimum Gasteiger partial charge on any atom is -0.465 e. The zero-order chi connectivity index (χ0) is 14.9. The molecule has 1 aromatic heterocycles. The molecule has 2 aromatic rings. The lowest BCUT2D eigenvalue weighted by atomic mass is 10.3. The van der Waals surface area contributed by atoms with Crippen molar-refractivity contribution in [3.63, 3.8) is 0 Å². The number of aryl methyl sites for hydroxylation is 1. The van der Waals surface area contributed by atoms with Crippen molar-refractivity contribution < 1.29 is 21.6 Å². The number of furan rings is 1. The summed E-state index contributed by atoms with van der Waals surface area (Å²) in [5.41, 5.74) is 0. The quantitative estimate of drug-likeness (QED) is 0.944. The van der Waals surface area contributed by atoms with Crippen LogP contribution in [0.2, 0.25) is 0 Å². The van der Waals surface area contributed by atoms with E-state index in [1.807, 2.05) is 0 Å². The fourth-order valence-electron chi connectivity index (χ4n) is 1.78. The van der Waals surface area contributed by atoms with E-state index < -0.39 is 32.6 Å². The van der Waals surface area contributed by atoms with E-state index in [1.165, 1.54) is 6.92 Å². The fourth-order valence-corrected chi connectivity index (χ4v) is 3.12. The first-order valence-electron chi connectivity index (χ1n) is 5.84. The monoisotopic (exact) mass is 301 g/mol. The molecule has 1 unspecified atom stereocenters. The Hall–Kier alpha value is -1.73. The Kier molecular flexibility index (Phi) is 3.92. The van der Waals surface area contributed by atoms with Crippen molar-refractivity contribution in [2.24, 2.45) is 0 Å². The number of nitrogens with one attached hydrogen (secondary N) is 1. The molecule has 1 atom stereocenters. The van der Waals surface area contributed by atoms with Crippen LogP contribution < -0.4 is 4.72 Å². The summed E-state index contributed by atoms with van der Waals surface area (Å²) in [7, 11) is -4.32. The van der Waals surface area contributed by atoms with Gasteiger partial charge < -0.3 is 4.42 Å². The average molecular weight is 301 g/mol. The lowest BCUT2D eigenvalue weighted by Crippen LogP contribution is -2.28. The van der Waals surface area contributed by atoms with Gasteiger partial charge in [0.15, 0.2) is 4.90 Å². The maximum Gasteiger partial charge on any atom is 0.247 e. The maximum atomic E-state index is 13.5. The normalized spacial score (nSPS) is 13.4. The molecule has 0 aliphatic rings. The van der Waals surface area contributed by atoms with Gasteiger partial charge in [0, 0.05) is 0 Å². The summed E-state index contributed by atoms with van der Waals surface area (Å²) in [4.78, 5) is -0.991. The van der Waals surface area contributed by atoms with Crippen LogP contribution in [0, 0.1) is 18.6 Å². The fraction of sp³-hybridized carbons (Fsp3) is 0.231. The van der Waals surface area contributed by atoms with Gasteiger partial charge >= 0.3 is 0 Å². The summed E-state index contributed by atoms with van der Waals surface area (Å²) in [6, 6.07) is 5.40. The van der Waals surface area contributed by atoms with Gasteiger partial charge in [-0.2, -0.15) is 0 Å². The Morgan fingerprint density at radius 3 is 2.25 bits per heavy atom. The Morgan fingerprint density at radius 1 is 1.15 bits per heavy atom. The number of benzene rings is 1. The van der Waals surface area contributed by atoms with Crippen molar-refractivity contribution in [1.82, 2.24) is 4.72 Å². The van der Waals surface area contributed by atoms with Crippen LogP contribution >= 0.6 is 0 Å². The predicted molar refractivity (Wildman–Crippen MR) is 68.5 cm³/mol. The van der Waals surface area contributed by atoms with E-state index in [2.05, 4.69) is 4.72 Å². The molecule has 2 rings (SSSR count). The van der Waals surface area contributed by atoms with Gasteiger partial charge in [-0.25, -0.2) is 21.9 Å². The summed E-state index contributed by atoms with van der Waals surface area (Å²) in [6.45, 7) is 3.23. The van der Waals surface area contributed by atoms with Gasteiger partial charge in [0.2, 0.25) is 10.0 Å². The summed E-state index contributed by atoms with van der Waals surface area (Å²) in [6.07, 6.45) is 0. The molecule has 0 bridgehead atoms. The molecule has 0 fully saturated rings. The van der Waals surface area contributed by atoms with Crippen LogP contribution in [0.5, 0.6) is 0 Å². The molecule has 4 nitrogen and oxygen atoms in total. The standard InChI is InChI=1S/C13H13F2NO3S/c1-8-6-7-12(19-8)9(2)16-20(17,18)13-10(14)4-3-5-11(13)15/h3-7,9,16H,1-2H3. The van der Waals surface area contributed by atoms with Gasteiger partial charge in [-0.15, -0.1) is 0 Å². The number of halogens is 2. The second-order valence-corrected chi connectivity index (χ2v) is 5.99. The smallest absolute Gasteiger partial charge is 0.247 e. The highest BCUT2D eigenvalue weighted by molar-refractivity contribution is 7.89. The largest absolute Gasteiger partial charge is 0.465 e. The molecule has 108 valence electrons. The SMILES string of the molecule is Cc1ccc(C(C)NS(=O)(=O)c2c(F)cccc2F)o1. The number of hydrogen-bond donors (Lipinski definition) is 1. The summed E-state index contributed by atoms with van der Waals surface area (Å²) in [5, 5.41) is 0. The molecule has 0 saturated heterocycles. The van der Waals surface area contributed by atoms with Crippen LogP contribution in [0.1, 0.15) is 24.5 Å². The van der Waals surface area contributed by atoms with Crippen LogP contribution in [-0.4, -0.2) is 8.42 Å². The molecule has 7 heteroatoms. The second kappa shape index (κ2) is 5.34. The van der Waals surface area contributed by atoms with Gasteiger partial charge in [0.25, 0.3) is 0 Å². The van der Waals surface area contributed by atoms with Crippen molar-refractivity contribution in [1.29, 1.82) is 0 Å². The Morgan fingerprint density at radius 2 is 1.75 bits per heavy atom. The van der Waals surface area contributed by atoms with Gasteiger partial charge in [0.1, 0.15) is 23.2 Å². The van der Waals surface area contributed by atoms with Gasteiger partial charge in [-0.1, -0.05) is 6.07 Å². The Bertz CT molecular complexity index is 705. The highest BCUT2D eigenvalue weighted by atomic mass is 32.2. The zero-order valence-corrected chi connectivity index (χ0v) is 11.7. The van der Waals surface area contributed by atoms with Crippen molar-refractivity contribution in [3.05, 3.63) is 53.5 Å². The first kappa shape index (κ1) is 14.7. The van der Waals surface area contributed by atoms with Gasteiger partial charge in [-0.3, -0.25) is 0 Å². The van der Waals surface area contributed by atoms with E-state index in [-0.39, 0.29) is 0 Å². The van der Waals surface area contributed by atoms with E-state index in [1.54, 1.807) is 19.1 Å². The highest BCUT2D eigenvalue weighted by Crippen LogP contribution is 2.22. The number of sulfonamides is 1. The van der Waals surface area contributed by atoms with Gasteiger partial charge in [-0.05, 0) is 38.1 Å². The Labute approximate surface area is 115 Å². The topological polar surface area (TPSA) is 59.3 Å². The lowest BCUT2D eigenvalue weighted by Gasteiger charge is -2.13. The van der Waals surface area contributed by atoms with Crippen molar-refractivity contribution in [3.8, 4) is 0 Å². The zero-order valence-electron chi connectivity index (χ0n) is 10.9. The maximum absolute atomic E-state index is 13.5. The summed E-state index contributed by atoms with van der Waals surface area (Å²) >= 11 is 0. The van der Waals surface area contributed by atoms with Crippen LogP contribution in [0.25, 0.3) is 0 Å². The van der Waals surface area contributed by atoms with Crippen LogP contribution in [0.4, 0.5) is 8.78 Å². The van der Waals surface area contributed by atoms with E-state index in [0.717, 1.165) is 18.2 Å². The first-order valence-corrected chi connectivity index (χ1v) is 7.32. The minimum absolute atomic E-state index is 0.364. The third-order valence-corrected chi connectivity index (χ3v) is 4.30. The number of hydrogen-bond acceptors (Lipinski definition) is 3. The van der Waals surface area contributed by atoms with Crippen molar-refractivity contribution in [2.75, 3.05) is 0 Å². The molecular formula is C13H13F2NO3S. The molecule has 0 spiro atoms. The predicted octanol–water partition coefficient (Wildman–Crippen LogP) is 2.91. The molecule has 0 aliphatic carbocycles. The first-order chi connectivity index (χ1) is 9.31. The molecule has 0 saturated carbocycles. The third-order valence-electron chi connectivity index (χ3n) is 2.71. The average Bonchev–Trinajstić information content (AvgIpc) is 2.74. The summed E-state index contributed by atoms with van der Waals surface area (Å²) in [5.74, 6) is -1.30.